The minimum Gasteiger partial charge on any atom is -0.455 e. The van der Waals surface area contributed by atoms with Crippen LogP contribution in [0.3, 0.4) is 0 Å². The molecule has 0 aliphatic heterocycles. The van der Waals surface area contributed by atoms with Crippen LogP contribution in [-0.2, 0) is 31.4 Å². The van der Waals surface area contributed by atoms with E-state index in [1.165, 1.54) is 0 Å². The van der Waals surface area contributed by atoms with Gasteiger partial charge in [0.1, 0.15) is 0 Å². The Morgan fingerprint density at radius 2 is 0.889 bits per heavy atom. The molecule has 0 aromatic heterocycles. The van der Waals surface area contributed by atoms with E-state index in [9.17, 15) is 55.7 Å². The molecule has 0 bridgehead atoms. The molecule has 36 heavy (non-hydrogen) atoms. The standard InChI is InChI=1S/C22H16F6O8/c23-21(24,25)13-5-1-11(2-6-13)15(29)9-35-19(33)17(31)18(32)20(34)36-10-16(30)12-3-7-14(8-4-12)22(26,27)28/h1-8,17-18,31-32H,9-10H2/t17-,18-/m1/s1. The lowest BCUT2D eigenvalue weighted by atomic mass is 10.1. The molecule has 14 heteroatoms. The normalized spacial score (nSPS) is 13.4. The van der Waals surface area contributed by atoms with E-state index < -0.39 is 72.4 Å². The second-order valence-electron chi connectivity index (χ2n) is 7.10. The number of carbonyl (C=O) groups is 4. The number of aliphatic hydroxyl groups is 2. The van der Waals surface area contributed by atoms with E-state index in [-0.39, 0.29) is 11.1 Å². The number of benzene rings is 2. The Kier molecular flexibility index (Phi) is 8.94. The monoisotopic (exact) mass is 522 g/mol. The SMILES string of the molecule is O=C(COC(=O)[C@H](O)[C@@H](O)C(=O)OCC(=O)c1ccc(C(F)(F)F)cc1)c1ccc(C(F)(F)F)cc1. The molecule has 0 aliphatic rings. The molecule has 0 radical (unpaired) electrons. The highest BCUT2D eigenvalue weighted by molar-refractivity contribution is 5.99. The van der Waals surface area contributed by atoms with E-state index in [0.717, 1.165) is 24.3 Å². The number of Topliss-reactive ketones (excluding diaryl/α,β-unsaturated/α-hetero) is 2. The van der Waals surface area contributed by atoms with Crippen LogP contribution in [-0.4, -0.2) is 59.1 Å². The van der Waals surface area contributed by atoms with Gasteiger partial charge in [-0.15, -0.1) is 0 Å². The fourth-order valence-corrected chi connectivity index (χ4v) is 2.56. The zero-order valence-corrected chi connectivity index (χ0v) is 17.8. The minimum absolute atomic E-state index is 0.257. The van der Waals surface area contributed by atoms with Crippen LogP contribution in [0.4, 0.5) is 26.3 Å². The van der Waals surface area contributed by atoms with E-state index in [4.69, 9.17) is 0 Å². The maximum absolute atomic E-state index is 12.5. The molecule has 0 fully saturated rings. The molecule has 0 saturated carbocycles. The number of halogens is 6. The average Bonchev–Trinajstić information content (AvgIpc) is 2.83. The topological polar surface area (TPSA) is 127 Å². The summed E-state index contributed by atoms with van der Waals surface area (Å²) in [5.41, 5.74) is -2.56. The van der Waals surface area contributed by atoms with Crippen LogP contribution in [0.15, 0.2) is 48.5 Å². The lowest BCUT2D eigenvalue weighted by Crippen LogP contribution is -2.42. The average molecular weight is 522 g/mol. The molecular weight excluding hydrogens is 506 g/mol. The van der Waals surface area contributed by atoms with Crippen LogP contribution in [0.5, 0.6) is 0 Å². The van der Waals surface area contributed by atoms with Gasteiger partial charge < -0.3 is 19.7 Å². The fraction of sp³-hybridized carbons (Fsp3) is 0.273. The fourth-order valence-electron chi connectivity index (χ4n) is 2.56. The van der Waals surface area contributed by atoms with Crippen LogP contribution in [0.25, 0.3) is 0 Å². The van der Waals surface area contributed by atoms with Gasteiger partial charge in [0.25, 0.3) is 0 Å². The number of carbonyl (C=O) groups excluding carboxylic acids is 4. The summed E-state index contributed by atoms with van der Waals surface area (Å²) in [4.78, 5) is 47.4. The van der Waals surface area contributed by atoms with Crippen molar-refractivity contribution in [1.29, 1.82) is 0 Å². The summed E-state index contributed by atoms with van der Waals surface area (Å²) in [6.45, 7) is -2.09. The maximum Gasteiger partial charge on any atom is 0.416 e. The molecule has 0 heterocycles. The smallest absolute Gasteiger partial charge is 0.416 e. The Bertz CT molecular complexity index is 1020. The van der Waals surface area contributed by atoms with Crippen molar-refractivity contribution in [2.75, 3.05) is 13.2 Å². The van der Waals surface area contributed by atoms with Crippen LogP contribution < -0.4 is 0 Å². The largest absolute Gasteiger partial charge is 0.455 e. The molecule has 2 rings (SSSR count). The van der Waals surface area contributed by atoms with Crippen molar-refractivity contribution in [3.8, 4) is 0 Å². The lowest BCUT2D eigenvalue weighted by molar-refractivity contribution is -0.171. The second kappa shape index (κ2) is 11.3. The first-order valence-electron chi connectivity index (χ1n) is 9.71. The van der Waals surface area contributed by atoms with Gasteiger partial charge in [0.15, 0.2) is 37.0 Å². The van der Waals surface area contributed by atoms with E-state index >= 15 is 0 Å². The zero-order chi connectivity index (χ0) is 27.3. The van der Waals surface area contributed by atoms with E-state index in [2.05, 4.69) is 9.47 Å². The van der Waals surface area contributed by atoms with E-state index in [1.54, 1.807) is 0 Å². The van der Waals surface area contributed by atoms with Gasteiger partial charge in [-0.25, -0.2) is 9.59 Å². The molecule has 194 valence electrons. The Balaban J connectivity index is 1.85. The van der Waals surface area contributed by atoms with Gasteiger partial charge >= 0.3 is 24.3 Å². The number of ketones is 2. The van der Waals surface area contributed by atoms with Crippen molar-refractivity contribution in [1.82, 2.24) is 0 Å². The molecule has 2 aromatic rings. The molecular formula is C22H16F6O8. The Hall–Kier alpha value is -3.78. The first-order valence-corrected chi connectivity index (χ1v) is 9.71. The van der Waals surface area contributed by atoms with Crippen molar-refractivity contribution in [2.24, 2.45) is 0 Å². The van der Waals surface area contributed by atoms with Crippen molar-refractivity contribution in [3.05, 3.63) is 70.8 Å². The summed E-state index contributed by atoms with van der Waals surface area (Å²) in [6, 6.07) is 5.80. The predicted octanol–water partition coefficient (Wildman–Crippen LogP) is 2.60. The highest BCUT2D eigenvalue weighted by Gasteiger charge is 2.34. The van der Waals surface area contributed by atoms with Crippen molar-refractivity contribution >= 4 is 23.5 Å². The van der Waals surface area contributed by atoms with Crippen molar-refractivity contribution in [3.63, 3.8) is 0 Å². The van der Waals surface area contributed by atoms with Crippen molar-refractivity contribution in [2.45, 2.75) is 24.6 Å². The van der Waals surface area contributed by atoms with Gasteiger partial charge in [-0.3, -0.25) is 9.59 Å². The van der Waals surface area contributed by atoms with Gasteiger partial charge in [-0.05, 0) is 24.3 Å². The predicted molar refractivity (Wildman–Crippen MR) is 105 cm³/mol. The third-order valence-electron chi connectivity index (χ3n) is 4.54. The number of hydrogen-bond donors (Lipinski definition) is 2. The van der Waals surface area contributed by atoms with Crippen LogP contribution in [0.1, 0.15) is 31.8 Å². The third-order valence-corrected chi connectivity index (χ3v) is 4.54. The summed E-state index contributed by atoms with van der Waals surface area (Å²) < 4.78 is 84.1. The van der Waals surface area contributed by atoms with Gasteiger partial charge in [0.2, 0.25) is 0 Å². The molecule has 2 aromatic carbocycles. The number of hydrogen-bond acceptors (Lipinski definition) is 8. The number of alkyl halides is 6. The molecule has 0 aliphatic carbocycles. The zero-order valence-electron chi connectivity index (χ0n) is 17.8. The Morgan fingerprint density at radius 3 is 1.14 bits per heavy atom. The second-order valence-corrected chi connectivity index (χ2v) is 7.10. The first kappa shape index (κ1) is 28.5. The van der Waals surface area contributed by atoms with Crippen LogP contribution >= 0.6 is 0 Å². The van der Waals surface area contributed by atoms with Crippen molar-refractivity contribution < 1.29 is 65.2 Å². The van der Waals surface area contributed by atoms with Gasteiger partial charge in [-0.2, -0.15) is 26.3 Å². The van der Waals surface area contributed by atoms with Crippen LogP contribution in [0, 0.1) is 0 Å². The molecule has 0 saturated heterocycles. The molecule has 8 nitrogen and oxygen atoms in total. The molecule has 2 atom stereocenters. The third kappa shape index (κ3) is 7.61. The maximum atomic E-state index is 12.5. The number of aliphatic hydroxyl groups excluding tert-OH is 2. The highest BCUT2D eigenvalue weighted by Crippen LogP contribution is 2.30. The highest BCUT2D eigenvalue weighted by atomic mass is 19.4. The van der Waals surface area contributed by atoms with E-state index in [0.29, 0.717) is 24.3 Å². The van der Waals surface area contributed by atoms with Gasteiger partial charge in [0, 0.05) is 11.1 Å². The molecule has 0 spiro atoms. The van der Waals surface area contributed by atoms with E-state index in [1.807, 2.05) is 0 Å². The lowest BCUT2D eigenvalue weighted by Gasteiger charge is -2.15. The van der Waals surface area contributed by atoms with Crippen LogP contribution in [0.2, 0.25) is 0 Å². The summed E-state index contributed by atoms with van der Waals surface area (Å²) in [6.07, 6.45) is -14.4. The Labute approximate surface area is 198 Å². The molecule has 0 unspecified atom stereocenters. The number of ether oxygens (including phenoxy) is 2. The van der Waals surface area contributed by atoms with Gasteiger partial charge in [0.05, 0.1) is 11.1 Å². The number of rotatable bonds is 9. The first-order chi connectivity index (χ1) is 16.6. The molecule has 0 amide bonds. The Morgan fingerprint density at radius 1 is 0.611 bits per heavy atom. The minimum atomic E-state index is -4.63. The summed E-state index contributed by atoms with van der Waals surface area (Å²) in [5.74, 6) is -5.23. The van der Waals surface area contributed by atoms with Gasteiger partial charge in [-0.1, -0.05) is 24.3 Å². The summed E-state index contributed by atoms with van der Waals surface area (Å²) in [7, 11) is 0. The summed E-state index contributed by atoms with van der Waals surface area (Å²) >= 11 is 0. The summed E-state index contributed by atoms with van der Waals surface area (Å²) in [5, 5.41) is 19.4. The molecule has 2 N–H and O–H groups in total. The number of esters is 2. The quantitative estimate of drug-likeness (QED) is 0.292.